The van der Waals surface area contributed by atoms with E-state index in [-0.39, 0.29) is 0 Å². The van der Waals surface area contributed by atoms with Crippen molar-refractivity contribution in [1.82, 2.24) is 14.7 Å². The summed E-state index contributed by atoms with van der Waals surface area (Å²) in [6.45, 7) is 4.38. The number of aromatic nitrogens is 2. The average Bonchev–Trinajstić information content (AvgIpc) is 3.02. The number of urea groups is 1. The lowest BCUT2D eigenvalue weighted by Crippen LogP contribution is -2.36. The van der Waals surface area contributed by atoms with Crippen molar-refractivity contribution in [3.05, 3.63) is 12.3 Å². The molecule has 1 aromatic heterocycles. The number of hydrogen-bond acceptors (Lipinski definition) is 3. The molecule has 1 aromatic rings. The average molecular weight is 348 g/mol. The van der Waals surface area contributed by atoms with Crippen LogP contribution in [0.5, 0.6) is 0 Å². The van der Waals surface area contributed by atoms with Crippen LogP contribution in [0.1, 0.15) is 20.8 Å². The molecule has 0 radical (unpaired) electrons. The molecule has 0 aromatic carbocycles. The van der Waals surface area contributed by atoms with Crippen LogP contribution >= 0.6 is 0 Å². The Hall–Kier alpha value is -2.26. The fourth-order valence-corrected chi connectivity index (χ4v) is 2.67. The van der Waals surface area contributed by atoms with E-state index in [0.717, 1.165) is 4.90 Å². The third kappa shape index (κ3) is 3.62. The van der Waals surface area contributed by atoms with Gasteiger partial charge in [-0.05, 0) is 20.8 Å². The Morgan fingerprint density at radius 3 is 2.38 bits per heavy atom. The van der Waals surface area contributed by atoms with Crippen LogP contribution in [0.25, 0.3) is 0 Å². The van der Waals surface area contributed by atoms with Crippen molar-refractivity contribution in [3.63, 3.8) is 0 Å². The van der Waals surface area contributed by atoms with Crippen molar-refractivity contribution in [2.24, 2.45) is 11.8 Å². The lowest BCUT2D eigenvalue weighted by atomic mass is 9.96. The molecule has 0 unspecified atom stereocenters. The quantitative estimate of drug-likeness (QED) is 0.859. The van der Waals surface area contributed by atoms with Gasteiger partial charge in [0.2, 0.25) is 0 Å². The van der Waals surface area contributed by atoms with Gasteiger partial charge in [-0.3, -0.25) is 10.1 Å². The zero-order valence-corrected chi connectivity index (χ0v) is 13.5. The van der Waals surface area contributed by atoms with Gasteiger partial charge in [0.15, 0.2) is 0 Å². The number of rotatable bonds is 2. The van der Waals surface area contributed by atoms with Crippen molar-refractivity contribution < 1.29 is 27.9 Å². The summed E-state index contributed by atoms with van der Waals surface area (Å²) in [6.07, 6.45) is -3.21. The van der Waals surface area contributed by atoms with Gasteiger partial charge in [-0.1, -0.05) is 0 Å². The Kier molecular flexibility index (Phi) is 4.51. The predicted octanol–water partition coefficient (Wildman–Crippen LogP) is 2.36. The second-order valence-corrected chi connectivity index (χ2v) is 6.73. The first-order chi connectivity index (χ1) is 10.9. The molecule has 2 amide bonds. The summed E-state index contributed by atoms with van der Waals surface area (Å²) in [4.78, 5) is 24.2. The van der Waals surface area contributed by atoms with Gasteiger partial charge in [0.25, 0.3) is 0 Å². The van der Waals surface area contributed by atoms with Gasteiger partial charge in [-0.2, -0.15) is 18.3 Å². The number of nitrogens with zero attached hydrogens (tertiary/aromatic N) is 3. The maximum absolute atomic E-state index is 13.0. The molecular weight excluding hydrogens is 329 g/mol. The maximum Gasteiger partial charge on any atom is 0.394 e. The van der Waals surface area contributed by atoms with Crippen molar-refractivity contribution in [1.29, 1.82) is 0 Å². The van der Waals surface area contributed by atoms with E-state index in [1.54, 1.807) is 0 Å². The number of carbonyl (C=O) groups excluding carboxylic acids is 1. The Bertz CT molecular complexity index is 636. The van der Waals surface area contributed by atoms with E-state index >= 15 is 0 Å². The Balaban J connectivity index is 2.14. The number of nitrogens with one attached hydrogen (secondary N) is 1. The van der Waals surface area contributed by atoms with Crippen molar-refractivity contribution in [3.8, 4) is 0 Å². The van der Waals surface area contributed by atoms with E-state index in [0.29, 0.717) is 5.82 Å². The number of likely N-dealkylation sites (tertiary alicyclic amines) is 1. The molecule has 2 N–H and O–H groups in total. The van der Waals surface area contributed by atoms with Gasteiger partial charge < -0.3 is 10.0 Å². The summed E-state index contributed by atoms with van der Waals surface area (Å²) in [7, 11) is 0. The normalized spacial score (nSPS) is 21.8. The number of amides is 2. The number of alkyl halides is 3. The summed E-state index contributed by atoms with van der Waals surface area (Å²) < 4.78 is 40.4. The van der Waals surface area contributed by atoms with Gasteiger partial charge in [0.05, 0.1) is 23.6 Å². The molecule has 1 aliphatic heterocycles. The van der Waals surface area contributed by atoms with Crippen LogP contribution in [-0.4, -0.2) is 51.1 Å². The van der Waals surface area contributed by atoms with E-state index in [4.69, 9.17) is 5.11 Å². The highest BCUT2D eigenvalue weighted by atomic mass is 19.4. The highest BCUT2D eigenvalue weighted by molar-refractivity contribution is 5.89. The molecule has 1 aliphatic rings. The summed E-state index contributed by atoms with van der Waals surface area (Å²) in [5.41, 5.74) is -0.435. The van der Waals surface area contributed by atoms with E-state index < -0.39 is 48.6 Å². The molecule has 1 fully saturated rings. The molecule has 7 nitrogen and oxygen atoms in total. The summed E-state index contributed by atoms with van der Waals surface area (Å²) in [6, 6.07) is 0.744. The number of carboxylic acids is 1. The van der Waals surface area contributed by atoms with Gasteiger partial charge in [-0.15, -0.1) is 0 Å². The fraction of sp³-hybridized carbons (Fsp3) is 0.643. The van der Waals surface area contributed by atoms with Crippen molar-refractivity contribution in [2.75, 3.05) is 18.4 Å². The monoisotopic (exact) mass is 348 g/mol. The van der Waals surface area contributed by atoms with Crippen LogP contribution in [0.2, 0.25) is 0 Å². The Labute approximate surface area is 136 Å². The van der Waals surface area contributed by atoms with Crippen LogP contribution in [-0.2, 0) is 10.3 Å². The first kappa shape index (κ1) is 18.1. The zero-order chi connectivity index (χ0) is 18.3. The predicted molar refractivity (Wildman–Crippen MR) is 78.5 cm³/mol. The van der Waals surface area contributed by atoms with Gasteiger partial charge in [0.1, 0.15) is 5.82 Å². The fourth-order valence-electron chi connectivity index (χ4n) is 2.67. The summed E-state index contributed by atoms with van der Waals surface area (Å²) in [5, 5.41) is 15.6. The summed E-state index contributed by atoms with van der Waals surface area (Å²) >= 11 is 0. The number of carboxylic acid groups (broad SMARTS) is 1. The second-order valence-electron chi connectivity index (χ2n) is 6.73. The number of hydrogen-bond donors (Lipinski definition) is 2. The molecule has 0 spiro atoms. The molecule has 134 valence electrons. The molecule has 2 heterocycles. The molecule has 0 bridgehead atoms. The molecule has 0 saturated carbocycles. The molecular formula is C14H19F3N4O3. The standard InChI is InChI=1S/C14H19F3N4O3/c1-13(2,3)21-10(4-5-18-21)19-12(24)20-6-8(11(22)23)9(7-20)14(15,16)17/h4-5,8-9H,6-7H2,1-3H3,(H,19,24)(H,22,23)/t8-,9-/m1/s1. The highest BCUT2D eigenvalue weighted by Crippen LogP contribution is 2.38. The first-order valence-electron chi connectivity index (χ1n) is 7.31. The Morgan fingerprint density at radius 1 is 1.29 bits per heavy atom. The minimum Gasteiger partial charge on any atom is -0.481 e. The number of anilines is 1. The minimum absolute atomic E-state index is 0.329. The third-order valence-corrected chi connectivity index (χ3v) is 3.86. The number of aliphatic carboxylic acids is 1. The van der Waals surface area contributed by atoms with Crippen LogP contribution in [0.4, 0.5) is 23.8 Å². The highest BCUT2D eigenvalue weighted by Gasteiger charge is 2.53. The van der Waals surface area contributed by atoms with Gasteiger partial charge in [-0.25, -0.2) is 9.48 Å². The van der Waals surface area contributed by atoms with Crippen molar-refractivity contribution >= 4 is 17.8 Å². The largest absolute Gasteiger partial charge is 0.481 e. The minimum atomic E-state index is -4.68. The lowest BCUT2D eigenvalue weighted by Gasteiger charge is -2.24. The van der Waals surface area contributed by atoms with Crippen LogP contribution in [0.15, 0.2) is 12.3 Å². The smallest absolute Gasteiger partial charge is 0.394 e. The van der Waals surface area contributed by atoms with Crippen LogP contribution in [0, 0.1) is 11.8 Å². The third-order valence-electron chi connectivity index (χ3n) is 3.86. The molecule has 1 saturated heterocycles. The lowest BCUT2D eigenvalue weighted by molar-refractivity contribution is -0.187. The second kappa shape index (κ2) is 5.99. The molecule has 24 heavy (non-hydrogen) atoms. The topological polar surface area (TPSA) is 87.5 Å². The Morgan fingerprint density at radius 2 is 1.92 bits per heavy atom. The van der Waals surface area contributed by atoms with E-state index in [1.807, 2.05) is 20.8 Å². The molecule has 10 heteroatoms. The zero-order valence-electron chi connectivity index (χ0n) is 13.5. The first-order valence-corrected chi connectivity index (χ1v) is 7.31. The maximum atomic E-state index is 13.0. The SMILES string of the molecule is CC(C)(C)n1nccc1NC(=O)N1C[C@@H](C(F)(F)F)[C@H](C(=O)O)C1. The van der Waals surface area contributed by atoms with Crippen molar-refractivity contribution in [2.45, 2.75) is 32.5 Å². The van der Waals surface area contributed by atoms with Crippen LogP contribution in [0.3, 0.4) is 0 Å². The summed E-state index contributed by atoms with van der Waals surface area (Å²) in [5.74, 6) is -4.97. The molecule has 0 aliphatic carbocycles. The van der Waals surface area contributed by atoms with Crippen LogP contribution < -0.4 is 5.32 Å². The number of halogens is 3. The van der Waals surface area contributed by atoms with E-state index in [9.17, 15) is 22.8 Å². The molecule has 2 rings (SSSR count). The molecule has 2 atom stereocenters. The van der Waals surface area contributed by atoms with E-state index in [2.05, 4.69) is 10.4 Å². The van der Waals surface area contributed by atoms with Gasteiger partial charge in [0, 0.05) is 19.2 Å². The number of carbonyl (C=O) groups is 2. The van der Waals surface area contributed by atoms with E-state index in [1.165, 1.54) is 16.9 Å². The van der Waals surface area contributed by atoms with Gasteiger partial charge >= 0.3 is 18.2 Å².